The number of nitrogens with two attached hydrogens (primary N) is 1. The van der Waals surface area contributed by atoms with Crippen molar-refractivity contribution >= 4 is 11.7 Å². The fraction of sp³-hybridized carbons (Fsp3) is 0.455. The first-order valence-corrected chi connectivity index (χ1v) is 5.60. The summed E-state index contributed by atoms with van der Waals surface area (Å²) in [6, 6.07) is 3.27. The van der Waals surface area contributed by atoms with E-state index in [1.54, 1.807) is 17.0 Å². The average molecular weight is 236 g/mol. The maximum Gasteiger partial charge on any atom is 0.255 e. The van der Waals surface area contributed by atoms with Crippen LogP contribution in [0.25, 0.3) is 0 Å². The van der Waals surface area contributed by atoms with E-state index in [1.807, 2.05) is 0 Å². The van der Waals surface area contributed by atoms with Crippen LogP contribution in [0.1, 0.15) is 23.2 Å². The number of rotatable bonds is 3. The van der Waals surface area contributed by atoms with E-state index in [9.17, 15) is 9.90 Å². The standard InChI is InChI=1S/C11H16N4O2/c12-14-10-4-3-8(6-13-10)11(17)15-5-1-2-9(15)7-16/h3-4,6,9,16H,1-2,5,7,12H2,(H,13,14). The van der Waals surface area contributed by atoms with Gasteiger partial charge in [0.1, 0.15) is 5.82 Å². The number of nitrogens with one attached hydrogen (secondary N) is 1. The molecular formula is C11H16N4O2. The van der Waals surface area contributed by atoms with Crippen LogP contribution in [0.2, 0.25) is 0 Å². The largest absolute Gasteiger partial charge is 0.394 e. The highest BCUT2D eigenvalue weighted by molar-refractivity contribution is 5.94. The van der Waals surface area contributed by atoms with Crippen LogP contribution in [-0.4, -0.2) is 40.1 Å². The van der Waals surface area contributed by atoms with E-state index >= 15 is 0 Å². The Morgan fingerprint density at radius 1 is 1.65 bits per heavy atom. The molecule has 92 valence electrons. The first kappa shape index (κ1) is 11.8. The molecule has 17 heavy (non-hydrogen) atoms. The van der Waals surface area contributed by atoms with Crippen LogP contribution in [0.4, 0.5) is 5.82 Å². The Balaban J connectivity index is 2.13. The highest BCUT2D eigenvalue weighted by Crippen LogP contribution is 2.19. The van der Waals surface area contributed by atoms with Gasteiger partial charge >= 0.3 is 0 Å². The lowest BCUT2D eigenvalue weighted by molar-refractivity contribution is 0.0677. The topological polar surface area (TPSA) is 91.5 Å². The third kappa shape index (κ3) is 2.37. The lowest BCUT2D eigenvalue weighted by atomic mass is 10.2. The van der Waals surface area contributed by atoms with Crippen molar-refractivity contribution in [2.75, 3.05) is 18.6 Å². The Bertz CT molecular complexity index is 393. The van der Waals surface area contributed by atoms with Gasteiger partial charge in [-0.25, -0.2) is 10.8 Å². The van der Waals surface area contributed by atoms with Crippen molar-refractivity contribution in [2.45, 2.75) is 18.9 Å². The van der Waals surface area contributed by atoms with E-state index in [0.29, 0.717) is 17.9 Å². The molecule has 1 unspecified atom stereocenters. The Hall–Kier alpha value is -1.66. The number of nitrogen functional groups attached to an aromatic ring is 1. The Morgan fingerprint density at radius 3 is 3.06 bits per heavy atom. The van der Waals surface area contributed by atoms with Crippen molar-refractivity contribution in [2.24, 2.45) is 5.84 Å². The minimum absolute atomic E-state index is 0.0155. The zero-order valence-corrected chi connectivity index (χ0v) is 9.47. The quantitative estimate of drug-likeness (QED) is 0.506. The number of hydrazine groups is 1. The van der Waals surface area contributed by atoms with Crippen molar-refractivity contribution in [1.29, 1.82) is 0 Å². The summed E-state index contributed by atoms with van der Waals surface area (Å²) in [6.45, 7) is 0.711. The molecule has 2 rings (SSSR count). The molecule has 6 heteroatoms. The number of aromatic nitrogens is 1. The van der Waals surface area contributed by atoms with Crippen LogP contribution >= 0.6 is 0 Å². The van der Waals surface area contributed by atoms with Crippen LogP contribution in [0.3, 0.4) is 0 Å². The SMILES string of the molecule is NNc1ccc(C(=O)N2CCCC2CO)cn1. The Morgan fingerprint density at radius 2 is 2.47 bits per heavy atom. The molecule has 6 nitrogen and oxygen atoms in total. The second-order valence-corrected chi connectivity index (χ2v) is 4.05. The molecule has 1 fully saturated rings. The molecular weight excluding hydrogens is 220 g/mol. The molecule has 1 aromatic rings. The van der Waals surface area contributed by atoms with E-state index in [4.69, 9.17) is 5.84 Å². The van der Waals surface area contributed by atoms with Gasteiger partial charge in [0.05, 0.1) is 18.2 Å². The van der Waals surface area contributed by atoms with Gasteiger partial charge in [-0.3, -0.25) is 4.79 Å². The van der Waals surface area contributed by atoms with Crippen molar-refractivity contribution in [3.05, 3.63) is 23.9 Å². The monoisotopic (exact) mass is 236 g/mol. The van der Waals surface area contributed by atoms with E-state index in [-0.39, 0.29) is 18.6 Å². The van der Waals surface area contributed by atoms with Crippen LogP contribution < -0.4 is 11.3 Å². The van der Waals surface area contributed by atoms with Gasteiger partial charge in [-0.2, -0.15) is 0 Å². The number of aliphatic hydroxyl groups is 1. The third-order valence-electron chi connectivity index (χ3n) is 3.01. The molecule has 2 heterocycles. The highest BCUT2D eigenvalue weighted by atomic mass is 16.3. The maximum atomic E-state index is 12.1. The Kier molecular flexibility index (Phi) is 3.55. The number of aliphatic hydroxyl groups excluding tert-OH is 1. The molecule has 1 aliphatic heterocycles. The normalized spacial score (nSPS) is 19.4. The van der Waals surface area contributed by atoms with Gasteiger partial charge in [-0.05, 0) is 25.0 Å². The van der Waals surface area contributed by atoms with E-state index in [1.165, 1.54) is 6.20 Å². The summed E-state index contributed by atoms with van der Waals surface area (Å²) < 4.78 is 0. The number of carbonyl (C=O) groups excluding carboxylic acids is 1. The highest BCUT2D eigenvalue weighted by Gasteiger charge is 2.28. The molecule has 1 atom stereocenters. The fourth-order valence-corrected chi connectivity index (χ4v) is 2.06. The summed E-state index contributed by atoms with van der Waals surface area (Å²) in [5.74, 6) is 5.63. The second kappa shape index (κ2) is 5.11. The number of nitrogens with zero attached hydrogens (tertiary/aromatic N) is 2. The minimum Gasteiger partial charge on any atom is -0.394 e. The predicted molar refractivity (Wildman–Crippen MR) is 63.2 cm³/mol. The summed E-state index contributed by atoms with van der Waals surface area (Å²) in [7, 11) is 0. The summed E-state index contributed by atoms with van der Waals surface area (Å²) in [5.41, 5.74) is 2.92. The predicted octanol–water partition coefficient (Wildman–Crippen LogP) is -0.0359. The second-order valence-electron chi connectivity index (χ2n) is 4.05. The van der Waals surface area contributed by atoms with Crippen molar-refractivity contribution < 1.29 is 9.90 Å². The van der Waals surface area contributed by atoms with E-state index in [0.717, 1.165) is 12.8 Å². The fourth-order valence-electron chi connectivity index (χ4n) is 2.06. The summed E-state index contributed by atoms with van der Waals surface area (Å²) in [5, 5.41) is 9.18. The number of anilines is 1. The first-order chi connectivity index (χ1) is 8.26. The number of hydrogen-bond acceptors (Lipinski definition) is 5. The molecule has 0 spiro atoms. The number of amides is 1. The molecule has 0 bridgehead atoms. The lowest BCUT2D eigenvalue weighted by Crippen LogP contribution is -2.37. The van der Waals surface area contributed by atoms with Gasteiger partial charge in [0.25, 0.3) is 5.91 Å². The number of carbonyl (C=O) groups is 1. The molecule has 1 amide bonds. The van der Waals surface area contributed by atoms with Crippen molar-refractivity contribution in [3.8, 4) is 0 Å². The average Bonchev–Trinajstić information content (AvgIpc) is 2.86. The molecule has 0 radical (unpaired) electrons. The van der Waals surface area contributed by atoms with E-state index < -0.39 is 0 Å². The van der Waals surface area contributed by atoms with Crippen LogP contribution in [0, 0.1) is 0 Å². The molecule has 0 saturated carbocycles. The van der Waals surface area contributed by atoms with Gasteiger partial charge in [0.2, 0.25) is 0 Å². The minimum atomic E-state index is -0.0855. The van der Waals surface area contributed by atoms with Crippen LogP contribution in [0.5, 0.6) is 0 Å². The maximum absolute atomic E-state index is 12.1. The Labute approximate surface area is 99.4 Å². The third-order valence-corrected chi connectivity index (χ3v) is 3.01. The molecule has 1 aliphatic rings. The number of likely N-dealkylation sites (tertiary alicyclic amines) is 1. The van der Waals surface area contributed by atoms with Gasteiger partial charge in [0, 0.05) is 12.7 Å². The molecule has 0 aliphatic carbocycles. The smallest absolute Gasteiger partial charge is 0.255 e. The lowest BCUT2D eigenvalue weighted by Gasteiger charge is -2.22. The van der Waals surface area contributed by atoms with Gasteiger partial charge in [-0.15, -0.1) is 0 Å². The van der Waals surface area contributed by atoms with E-state index in [2.05, 4.69) is 10.4 Å². The zero-order valence-electron chi connectivity index (χ0n) is 9.47. The van der Waals surface area contributed by atoms with Gasteiger partial charge < -0.3 is 15.4 Å². The summed E-state index contributed by atoms with van der Waals surface area (Å²) in [4.78, 5) is 17.8. The number of hydrogen-bond donors (Lipinski definition) is 3. The van der Waals surface area contributed by atoms with Crippen LogP contribution in [-0.2, 0) is 0 Å². The summed E-state index contributed by atoms with van der Waals surface area (Å²) >= 11 is 0. The number of pyridine rings is 1. The van der Waals surface area contributed by atoms with Crippen molar-refractivity contribution in [3.63, 3.8) is 0 Å². The first-order valence-electron chi connectivity index (χ1n) is 5.60. The van der Waals surface area contributed by atoms with Gasteiger partial charge in [-0.1, -0.05) is 0 Å². The molecule has 4 N–H and O–H groups in total. The molecule has 1 saturated heterocycles. The zero-order chi connectivity index (χ0) is 12.3. The summed E-state index contributed by atoms with van der Waals surface area (Å²) in [6.07, 6.45) is 3.29. The van der Waals surface area contributed by atoms with Gasteiger partial charge in [0.15, 0.2) is 0 Å². The van der Waals surface area contributed by atoms with Crippen LogP contribution in [0.15, 0.2) is 18.3 Å². The molecule has 0 aromatic carbocycles. The van der Waals surface area contributed by atoms with Crippen molar-refractivity contribution in [1.82, 2.24) is 9.88 Å². The molecule has 1 aromatic heterocycles.